The maximum Gasteiger partial charge on any atom is 0.263 e. The van der Waals surface area contributed by atoms with Crippen molar-refractivity contribution in [1.29, 1.82) is 0 Å². The van der Waals surface area contributed by atoms with Gasteiger partial charge in [-0.05, 0) is 102 Å². The van der Waals surface area contributed by atoms with Crippen molar-refractivity contribution in [2.75, 3.05) is 23.7 Å². The highest BCUT2D eigenvalue weighted by molar-refractivity contribution is 5.82. The predicted molar refractivity (Wildman–Crippen MR) is 246 cm³/mol. The van der Waals surface area contributed by atoms with E-state index in [1.54, 1.807) is 69.1 Å². The van der Waals surface area contributed by atoms with Gasteiger partial charge in [-0.2, -0.15) is 0 Å². The van der Waals surface area contributed by atoms with Gasteiger partial charge < -0.3 is 10.6 Å². The largest absolute Gasteiger partial charge is 0.356 e. The molecule has 0 radical (unpaired) electrons. The van der Waals surface area contributed by atoms with Gasteiger partial charge in [-0.25, -0.2) is 18.7 Å². The molecule has 0 bridgehead atoms. The zero-order chi connectivity index (χ0) is 43.7. The molecular formula is C51H46F2N8O2. The van der Waals surface area contributed by atoms with Crippen LogP contribution in [0.15, 0.2) is 156 Å². The number of aryl methyl sites for hydroxylation is 2. The zero-order valence-corrected chi connectivity index (χ0v) is 35.1. The number of hydrogen-bond donors (Lipinski definition) is 2. The van der Waals surface area contributed by atoms with Gasteiger partial charge in [0.2, 0.25) is 11.9 Å². The number of anilines is 2. The van der Waals surface area contributed by atoms with Crippen LogP contribution >= 0.6 is 0 Å². The van der Waals surface area contributed by atoms with E-state index in [2.05, 4.69) is 45.9 Å². The van der Waals surface area contributed by atoms with E-state index in [9.17, 15) is 18.4 Å². The van der Waals surface area contributed by atoms with E-state index in [0.29, 0.717) is 65.0 Å². The molecule has 0 spiro atoms. The number of nitrogens with zero attached hydrogens (tertiary/aromatic N) is 6. The molecule has 0 aliphatic rings. The topological polar surface area (TPSA) is 120 Å². The number of rotatable bonds is 16. The summed E-state index contributed by atoms with van der Waals surface area (Å²) in [5.74, 6) is 0.102. The predicted octanol–water partition coefficient (Wildman–Crippen LogP) is 9.29. The van der Waals surface area contributed by atoms with Crippen molar-refractivity contribution in [3.05, 3.63) is 201 Å². The van der Waals surface area contributed by atoms with E-state index in [1.807, 2.05) is 36.4 Å². The van der Waals surface area contributed by atoms with Crippen LogP contribution in [-0.2, 0) is 33.4 Å². The summed E-state index contributed by atoms with van der Waals surface area (Å²) >= 11 is 0. The third kappa shape index (κ3) is 9.97. The second-order valence-corrected chi connectivity index (χ2v) is 15.4. The van der Waals surface area contributed by atoms with Crippen LogP contribution in [0.3, 0.4) is 0 Å². The van der Waals surface area contributed by atoms with Crippen molar-refractivity contribution in [3.8, 4) is 44.8 Å². The molecule has 0 saturated heterocycles. The minimum absolute atomic E-state index is 0.244. The summed E-state index contributed by atoms with van der Waals surface area (Å²) in [6.07, 6.45) is 8.85. The lowest BCUT2D eigenvalue weighted by Crippen LogP contribution is -2.25. The Hall–Kier alpha value is -7.60. The minimum Gasteiger partial charge on any atom is -0.356 e. The van der Waals surface area contributed by atoms with Gasteiger partial charge in [-0.1, -0.05) is 78.9 Å². The van der Waals surface area contributed by atoms with Gasteiger partial charge in [-0.15, -0.1) is 0 Å². The summed E-state index contributed by atoms with van der Waals surface area (Å²) in [6, 6.07) is 37.8. The molecule has 0 fully saturated rings. The van der Waals surface area contributed by atoms with Gasteiger partial charge in [0, 0.05) is 69.0 Å². The van der Waals surface area contributed by atoms with E-state index < -0.39 is 0 Å². The molecule has 2 N–H and O–H groups in total. The Bertz CT molecular complexity index is 2960. The maximum absolute atomic E-state index is 14.0. The fraction of sp³-hybridized carbons (Fsp3) is 0.176. The molecule has 4 aromatic carbocycles. The number of hydrogen-bond acceptors (Lipinski definition) is 8. The summed E-state index contributed by atoms with van der Waals surface area (Å²) < 4.78 is 30.8. The van der Waals surface area contributed by atoms with Crippen LogP contribution in [0.25, 0.3) is 44.8 Å². The normalized spacial score (nSPS) is 11.1. The monoisotopic (exact) mass is 840 g/mol. The molecule has 0 saturated carbocycles. The first-order valence-electron chi connectivity index (χ1n) is 20.9. The molecule has 12 heteroatoms. The number of benzene rings is 4. The van der Waals surface area contributed by atoms with Crippen molar-refractivity contribution in [1.82, 2.24) is 29.1 Å². The molecule has 0 atom stereocenters. The average Bonchev–Trinajstić information content (AvgIpc) is 3.31. The highest BCUT2D eigenvalue weighted by Gasteiger charge is 2.20. The summed E-state index contributed by atoms with van der Waals surface area (Å²) in [6.45, 7) is 1.18. The van der Waals surface area contributed by atoms with E-state index >= 15 is 0 Å². The maximum atomic E-state index is 14.0. The van der Waals surface area contributed by atoms with Gasteiger partial charge in [0.25, 0.3) is 11.1 Å². The molecule has 0 aliphatic carbocycles. The van der Waals surface area contributed by atoms with E-state index in [-0.39, 0.29) is 22.8 Å². The summed E-state index contributed by atoms with van der Waals surface area (Å²) in [5.41, 5.74) is 8.13. The summed E-state index contributed by atoms with van der Waals surface area (Å²) in [4.78, 5) is 46.5. The van der Waals surface area contributed by atoms with Crippen LogP contribution in [0.1, 0.15) is 35.2 Å². The minimum atomic E-state index is -0.389. The van der Waals surface area contributed by atoms with Crippen molar-refractivity contribution in [3.63, 3.8) is 0 Å². The lowest BCUT2D eigenvalue weighted by molar-refractivity contribution is 0.627. The Kier molecular flexibility index (Phi) is 13.0. The molecule has 4 aromatic heterocycles. The summed E-state index contributed by atoms with van der Waals surface area (Å²) in [5, 5.41) is 6.74. The first-order chi connectivity index (χ1) is 30.7. The average molecular weight is 841 g/mol. The lowest BCUT2D eigenvalue weighted by Gasteiger charge is -2.16. The first-order valence-corrected chi connectivity index (χ1v) is 20.9. The van der Waals surface area contributed by atoms with E-state index in [4.69, 9.17) is 15.0 Å². The molecule has 0 unspecified atom stereocenters. The fourth-order valence-electron chi connectivity index (χ4n) is 7.66. The van der Waals surface area contributed by atoms with E-state index in [1.165, 1.54) is 39.0 Å². The Balaban J connectivity index is 0.977. The molecule has 0 amide bonds. The van der Waals surface area contributed by atoms with Crippen molar-refractivity contribution in [2.24, 2.45) is 14.1 Å². The second-order valence-electron chi connectivity index (χ2n) is 15.4. The van der Waals surface area contributed by atoms with Gasteiger partial charge in [0.15, 0.2) is 0 Å². The fourth-order valence-corrected chi connectivity index (χ4v) is 7.66. The number of pyridine rings is 2. The quantitative estimate of drug-likeness (QED) is 0.0925. The highest BCUT2D eigenvalue weighted by atomic mass is 19.1. The molecule has 8 rings (SSSR count). The third-order valence-corrected chi connectivity index (χ3v) is 11.0. The SMILES string of the molecule is Cn1c(NCCCc2cccc(Cc3cc(-c4nc(NCCCc5ccccc5)n(C)c(=O)c4-c4ccc(F)cc4)ccn3)c2)nc(-c2ccncc2)c(-c2ccc(F)cc2)c1=O. The third-order valence-electron chi connectivity index (χ3n) is 11.0. The Morgan fingerprint density at radius 3 is 1.62 bits per heavy atom. The standard InChI is InChI=1S/C51H46F2N8O2/c1-60-48(62)44(37-15-19-41(52)20-16-37)46(39-23-28-54-29-24-39)58-50(60)57-27-8-14-35-11-6-12-36(31-35)32-43-33-40(25-30-55-43)47-45(38-17-21-42(53)22-18-38)49(63)61(2)51(59-47)56-26-7-13-34-9-4-3-5-10-34/h3-6,9-12,15-25,28-31,33H,7-8,13-14,26-27,32H2,1-2H3,(H,56,59)(H,57,58). The number of halogens is 2. The Morgan fingerprint density at radius 1 is 0.524 bits per heavy atom. The van der Waals surface area contributed by atoms with Crippen molar-refractivity contribution >= 4 is 11.9 Å². The molecule has 0 aliphatic heterocycles. The number of aromatic nitrogens is 6. The van der Waals surface area contributed by atoms with E-state index in [0.717, 1.165) is 53.6 Å². The van der Waals surface area contributed by atoms with Gasteiger partial charge in [0.05, 0.1) is 22.5 Å². The van der Waals surface area contributed by atoms with Crippen molar-refractivity contribution in [2.45, 2.75) is 32.1 Å². The molecule has 4 heterocycles. The first kappa shape index (κ1) is 42.1. The lowest BCUT2D eigenvalue weighted by atomic mass is 9.99. The molecule has 316 valence electrons. The Morgan fingerprint density at radius 2 is 1.03 bits per heavy atom. The molecular weight excluding hydrogens is 795 g/mol. The van der Waals surface area contributed by atoms with Crippen LogP contribution in [0.5, 0.6) is 0 Å². The van der Waals surface area contributed by atoms with Crippen LogP contribution in [0.4, 0.5) is 20.7 Å². The zero-order valence-electron chi connectivity index (χ0n) is 35.1. The second kappa shape index (κ2) is 19.4. The van der Waals surface area contributed by atoms with Gasteiger partial charge in [-0.3, -0.25) is 28.7 Å². The molecule has 10 nitrogen and oxygen atoms in total. The van der Waals surface area contributed by atoms with Gasteiger partial charge in [0.1, 0.15) is 11.6 Å². The van der Waals surface area contributed by atoms with Gasteiger partial charge >= 0.3 is 0 Å². The van der Waals surface area contributed by atoms with Crippen LogP contribution in [0.2, 0.25) is 0 Å². The molecule has 8 aromatic rings. The smallest absolute Gasteiger partial charge is 0.263 e. The van der Waals surface area contributed by atoms with Crippen LogP contribution in [0, 0.1) is 11.6 Å². The molecule has 63 heavy (non-hydrogen) atoms. The van der Waals surface area contributed by atoms with Crippen LogP contribution in [-0.4, -0.2) is 42.2 Å². The summed E-state index contributed by atoms with van der Waals surface area (Å²) in [7, 11) is 3.37. The van der Waals surface area contributed by atoms with Crippen LogP contribution < -0.4 is 21.8 Å². The number of nitrogens with one attached hydrogen (secondary N) is 2. The Labute approximate surface area is 364 Å². The van der Waals surface area contributed by atoms with Crippen molar-refractivity contribution < 1.29 is 8.78 Å². The highest BCUT2D eigenvalue weighted by Crippen LogP contribution is 2.31.